The van der Waals surface area contributed by atoms with E-state index in [9.17, 15) is 8.78 Å². The van der Waals surface area contributed by atoms with Crippen LogP contribution in [0.5, 0.6) is 0 Å². The number of benzene rings is 1. The molecule has 1 aliphatic carbocycles. The van der Waals surface area contributed by atoms with Crippen molar-refractivity contribution in [2.75, 3.05) is 16.4 Å². The molecule has 8 heteroatoms. The van der Waals surface area contributed by atoms with Crippen LogP contribution in [-0.2, 0) is 0 Å². The van der Waals surface area contributed by atoms with Crippen LogP contribution in [0.2, 0.25) is 0 Å². The molecule has 0 unspecified atom stereocenters. The van der Waals surface area contributed by atoms with Gasteiger partial charge in [0.05, 0.1) is 11.9 Å². The van der Waals surface area contributed by atoms with Gasteiger partial charge in [0.2, 0.25) is 5.95 Å². The van der Waals surface area contributed by atoms with E-state index < -0.39 is 11.6 Å². The molecule has 1 aromatic carbocycles. The van der Waals surface area contributed by atoms with E-state index in [1.807, 2.05) is 0 Å². The topological polar surface area (TPSA) is 87.9 Å². The van der Waals surface area contributed by atoms with Crippen molar-refractivity contribution in [3.8, 4) is 0 Å². The summed E-state index contributed by atoms with van der Waals surface area (Å²) in [5, 5.41) is 9.66. The number of rotatable bonds is 5. The maximum absolute atomic E-state index is 14.6. The summed E-state index contributed by atoms with van der Waals surface area (Å²) in [6, 6.07) is 3.07. The maximum atomic E-state index is 14.6. The number of anilines is 4. The zero-order chi connectivity index (χ0) is 21.7. The van der Waals surface area contributed by atoms with Crippen LogP contribution in [0.3, 0.4) is 0 Å². The molecular formula is C22H30F2N6. The van der Waals surface area contributed by atoms with Gasteiger partial charge in [-0.05, 0) is 77.0 Å². The molecular weight excluding hydrogens is 386 g/mol. The van der Waals surface area contributed by atoms with E-state index in [1.165, 1.54) is 6.07 Å². The summed E-state index contributed by atoms with van der Waals surface area (Å²) in [4.78, 5) is 8.23. The lowest BCUT2D eigenvalue weighted by Crippen LogP contribution is -2.60. The summed E-state index contributed by atoms with van der Waals surface area (Å²) in [6.45, 7) is 8.52. The Morgan fingerprint density at radius 3 is 2.37 bits per heavy atom. The predicted molar refractivity (Wildman–Crippen MR) is 116 cm³/mol. The standard InChI is InChI=1S/C22H30F2N6/c1-21(2)9-13(10-22(3,4)30-21)27-19-16(24)11-26-20(29-19)28-18-8-17(25)14(7-15(18)23)12-5-6-12/h7-8,11-13,30H,5-6,9-10,25H2,1-4H3,(H2,26,27,28,29). The van der Waals surface area contributed by atoms with Crippen molar-refractivity contribution in [2.24, 2.45) is 0 Å². The van der Waals surface area contributed by atoms with Crippen molar-refractivity contribution in [1.82, 2.24) is 15.3 Å². The van der Waals surface area contributed by atoms with Crippen molar-refractivity contribution < 1.29 is 8.78 Å². The molecule has 4 rings (SSSR count). The number of nitrogens with two attached hydrogens (primary N) is 1. The van der Waals surface area contributed by atoms with Crippen molar-refractivity contribution in [2.45, 2.75) is 76.4 Å². The number of hydrogen-bond donors (Lipinski definition) is 4. The van der Waals surface area contributed by atoms with Crippen LogP contribution in [0.1, 0.15) is 64.9 Å². The SMILES string of the molecule is CC1(C)CC(Nc2nc(Nc3cc(N)c(C4CC4)cc3F)ncc2F)CC(C)(C)N1. The Kier molecular flexibility index (Phi) is 5.08. The van der Waals surface area contributed by atoms with E-state index >= 15 is 0 Å². The highest BCUT2D eigenvalue weighted by Gasteiger charge is 2.38. The largest absolute Gasteiger partial charge is 0.398 e. The molecule has 1 aromatic heterocycles. The Morgan fingerprint density at radius 1 is 1.07 bits per heavy atom. The summed E-state index contributed by atoms with van der Waals surface area (Å²) in [6.07, 6.45) is 4.80. The fraction of sp³-hybridized carbons (Fsp3) is 0.545. The molecule has 6 nitrogen and oxygen atoms in total. The average Bonchev–Trinajstić information content (AvgIpc) is 3.43. The van der Waals surface area contributed by atoms with E-state index in [0.717, 1.165) is 37.4 Å². The molecule has 0 amide bonds. The fourth-order valence-corrected chi connectivity index (χ4v) is 4.72. The molecule has 0 radical (unpaired) electrons. The van der Waals surface area contributed by atoms with Gasteiger partial charge in [-0.25, -0.2) is 13.8 Å². The molecule has 2 aromatic rings. The van der Waals surface area contributed by atoms with Gasteiger partial charge in [-0.3, -0.25) is 0 Å². The van der Waals surface area contributed by atoms with Crippen LogP contribution in [0.15, 0.2) is 18.3 Å². The molecule has 1 saturated heterocycles. The second kappa shape index (κ2) is 7.34. The number of piperidine rings is 1. The summed E-state index contributed by atoms with van der Waals surface area (Å²) < 4.78 is 29.0. The van der Waals surface area contributed by atoms with Gasteiger partial charge in [-0.2, -0.15) is 4.98 Å². The van der Waals surface area contributed by atoms with Crippen LogP contribution in [0.25, 0.3) is 0 Å². The highest BCUT2D eigenvalue weighted by Crippen LogP contribution is 2.44. The first kappa shape index (κ1) is 20.8. The Bertz CT molecular complexity index is 939. The smallest absolute Gasteiger partial charge is 0.229 e. The van der Waals surface area contributed by atoms with Crippen molar-refractivity contribution >= 4 is 23.1 Å². The number of aromatic nitrogens is 2. The number of nitrogens with one attached hydrogen (secondary N) is 3. The van der Waals surface area contributed by atoms with Crippen LogP contribution in [0, 0.1) is 11.6 Å². The van der Waals surface area contributed by atoms with Crippen LogP contribution in [0.4, 0.5) is 31.9 Å². The molecule has 1 aliphatic heterocycles. The van der Waals surface area contributed by atoms with Gasteiger partial charge >= 0.3 is 0 Å². The predicted octanol–water partition coefficient (Wildman–Crippen LogP) is 4.68. The molecule has 162 valence electrons. The summed E-state index contributed by atoms with van der Waals surface area (Å²) in [5.41, 5.74) is 7.47. The molecule has 2 fully saturated rings. The summed E-state index contributed by atoms with van der Waals surface area (Å²) in [5.74, 6) is -0.392. The molecule has 2 heterocycles. The van der Waals surface area contributed by atoms with Gasteiger partial charge < -0.3 is 21.7 Å². The number of nitrogens with zero attached hydrogens (tertiary/aromatic N) is 2. The monoisotopic (exact) mass is 416 g/mol. The van der Waals surface area contributed by atoms with Crippen molar-refractivity contribution in [1.29, 1.82) is 0 Å². The Balaban J connectivity index is 1.53. The van der Waals surface area contributed by atoms with Gasteiger partial charge in [-0.1, -0.05) is 0 Å². The van der Waals surface area contributed by atoms with Gasteiger partial charge in [0.25, 0.3) is 0 Å². The Labute approximate surface area is 176 Å². The molecule has 0 bridgehead atoms. The van der Waals surface area contributed by atoms with Gasteiger partial charge in [0, 0.05) is 22.8 Å². The molecule has 1 saturated carbocycles. The molecule has 5 N–H and O–H groups in total. The third-order valence-electron chi connectivity index (χ3n) is 5.71. The first-order valence-electron chi connectivity index (χ1n) is 10.5. The highest BCUT2D eigenvalue weighted by molar-refractivity contribution is 5.65. The van der Waals surface area contributed by atoms with E-state index in [0.29, 0.717) is 11.6 Å². The number of halogens is 2. The third-order valence-corrected chi connectivity index (χ3v) is 5.71. The van der Waals surface area contributed by atoms with E-state index in [2.05, 4.69) is 53.6 Å². The quantitative estimate of drug-likeness (QED) is 0.530. The first-order valence-corrected chi connectivity index (χ1v) is 10.5. The Morgan fingerprint density at radius 2 is 1.73 bits per heavy atom. The average molecular weight is 417 g/mol. The van der Waals surface area contributed by atoms with Gasteiger partial charge in [-0.15, -0.1) is 0 Å². The molecule has 0 spiro atoms. The minimum absolute atomic E-state index is 0.0405. The minimum Gasteiger partial charge on any atom is -0.398 e. The van der Waals surface area contributed by atoms with Gasteiger partial charge in [0.15, 0.2) is 11.6 Å². The lowest BCUT2D eigenvalue weighted by molar-refractivity contribution is 0.170. The number of hydrogen-bond acceptors (Lipinski definition) is 6. The zero-order valence-electron chi connectivity index (χ0n) is 17.9. The second-order valence-electron chi connectivity index (χ2n) is 9.89. The normalized spacial score (nSPS) is 20.7. The lowest BCUT2D eigenvalue weighted by Gasteiger charge is -2.46. The second-order valence-corrected chi connectivity index (χ2v) is 9.89. The van der Waals surface area contributed by atoms with Crippen LogP contribution < -0.4 is 21.7 Å². The fourth-order valence-electron chi connectivity index (χ4n) is 4.72. The zero-order valence-corrected chi connectivity index (χ0v) is 17.9. The van der Waals surface area contributed by atoms with Crippen molar-refractivity contribution in [3.63, 3.8) is 0 Å². The first-order chi connectivity index (χ1) is 14.0. The minimum atomic E-state index is -0.543. The highest BCUT2D eigenvalue weighted by atomic mass is 19.1. The van der Waals surface area contributed by atoms with E-state index in [1.54, 1.807) is 6.07 Å². The maximum Gasteiger partial charge on any atom is 0.229 e. The lowest BCUT2D eigenvalue weighted by atomic mass is 9.79. The Hall–Kier alpha value is -2.48. The van der Waals surface area contributed by atoms with E-state index in [4.69, 9.17) is 5.73 Å². The van der Waals surface area contributed by atoms with Crippen LogP contribution in [-0.4, -0.2) is 27.1 Å². The third kappa shape index (κ3) is 4.64. The molecule has 30 heavy (non-hydrogen) atoms. The van der Waals surface area contributed by atoms with Crippen LogP contribution >= 0.6 is 0 Å². The molecule has 2 aliphatic rings. The molecule has 0 atom stereocenters. The van der Waals surface area contributed by atoms with Crippen molar-refractivity contribution in [3.05, 3.63) is 35.5 Å². The number of nitrogen functional groups attached to an aromatic ring is 1. The van der Waals surface area contributed by atoms with E-state index in [-0.39, 0.29) is 34.6 Å². The summed E-state index contributed by atoms with van der Waals surface area (Å²) in [7, 11) is 0. The van der Waals surface area contributed by atoms with Gasteiger partial charge in [0.1, 0.15) is 5.82 Å². The summed E-state index contributed by atoms with van der Waals surface area (Å²) >= 11 is 0.